The maximum Gasteiger partial charge on any atom is 0.287 e. The molecule has 1 aliphatic rings. The Labute approximate surface area is 137 Å². The molecule has 1 fully saturated rings. The fourth-order valence-electron chi connectivity index (χ4n) is 2.49. The SMILES string of the molecule is O=C(NC[C@@H](c1cccs1)N1CCOCC1)c1ccc(Cl)o1. The molecule has 1 aliphatic heterocycles. The number of carbonyl (C=O) groups excluding carboxylic acids is 1. The maximum absolute atomic E-state index is 12.1. The summed E-state index contributed by atoms with van der Waals surface area (Å²) in [5.74, 6) is -0.0152. The second-order valence-corrected chi connectivity index (χ2v) is 6.35. The Morgan fingerprint density at radius 3 is 2.82 bits per heavy atom. The van der Waals surface area contributed by atoms with E-state index in [1.54, 1.807) is 23.5 Å². The van der Waals surface area contributed by atoms with Gasteiger partial charge in [0, 0.05) is 24.5 Å². The van der Waals surface area contributed by atoms with Crippen molar-refractivity contribution < 1.29 is 13.9 Å². The van der Waals surface area contributed by atoms with Crippen LogP contribution in [0.5, 0.6) is 0 Å². The number of nitrogens with one attached hydrogen (secondary N) is 1. The number of ether oxygens (including phenoxy) is 1. The summed E-state index contributed by atoms with van der Waals surface area (Å²) in [5.41, 5.74) is 0. The fourth-order valence-corrected chi connectivity index (χ4v) is 3.50. The predicted molar refractivity (Wildman–Crippen MR) is 85.5 cm³/mol. The van der Waals surface area contributed by atoms with Crippen molar-refractivity contribution in [3.63, 3.8) is 0 Å². The van der Waals surface area contributed by atoms with Gasteiger partial charge in [0.1, 0.15) is 0 Å². The lowest BCUT2D eigenvalue weighted by Crippen LogP contribution is -2.43. The Kier molecular flexibility index (Phi) is 5.15. The monoisotopic (exact) mass is 340 g/mol. The average molecular weight is 341 g/mol. The minimum absolute atomic E-state index is 0.151. The van der Waals surface area contributed by atoms with Crippen LogP contribution in [0.15, 0.2) is 34.1 Å². The molecule has 1 atom stereocenters. The van der Waals surface area contributed by atoms with E-state index in [1.807, 2.05) is 6.07 Å². The molecule has 118 valence electrons. The third-order valence-electron chi connectivity index (χ3n) is 3.61. The summed E-state index contributed by atoms with van der Waals surface area (Å²) in [5, 5.41) is 5.20. The summed E-state index contributed by atoms with van der Waals surface area (Å²) in [6, 6.07) is 7.42. The molecule has 7 heteroatoms. The summed E-state index contributed by atoms with van der Waals surface area (Å²) in [6.45, 7) is 3.71. The summed E-state index contributed by atoms with van der Waals surface area (Å²) in [7, 11) is 0. The summed E-state index contributed by atoms with van der Waals surface area (Å²) >= 11 is 7.40. The number of nitrogens with zero attached hydrogens (tertiary/aromatic N) is 1. The number of amides is 1. The molecule has 2 aromatic heterocycles. The van der Waals surface area contributed by atoms with Gasteiger partial charge in [0.25, 0.3) is 5.91 Å². The first-order valence-corrected chi connectivity index (χ1v) is 8.38. The molecule has 0 aromatic carbocycles. The van der Waals surface area contributed by atoms with Gasteiger partial charge in [-0.2, -0.15) is 0 Å². The van der Waals surface area contributed by atoms with Crippen LogP contribution in [-0.4, -0.2) is 43.7 Å². The molecule has 0 radical (unpaired) electrons. The zero-order chi connectivity index (χ0) is 15.4. The van der Waals surface area contributed by atoms with Crippen LogP contribution in [0.3, 0.4) is 0 Å². The molecule has 0 aliphatic carbocycles. The van der Waals surface area contributed by atoms with Crippen molar-refractivity contribution in [3.05, 3.63) is 45.5 Å². The van der Waals surface area contributed by atoms with E-state index in [-0.39, 0.29) is 22.9 Å². The van der Waals surface area contributed by atoms with Crippen LogP contribution in [0.4, 0.5) is 0 Å². The highest BCUT2D eigenvalue weighted by Gasteiger charge is 2.24. The lowest BCUT2D eigenvalue weighted by molar-refractivity contribution is 0.0168. The summed E-state index contributed by atoms with van der Waals surface area (Å²) < 4.78 is 10.5. The van der Waals surface area contributed by atoms with Crippen LogP contribution in [0.25, 0.3) is 0 Å². The zero-order valence-corrected chi connectivity index (χ0v) is 13.5. The lowest BCUT2D eigenvalue weighted by atomic mass is 10.2. The Bertz CT molecular complexity index is 608. The van der Waals surface area contributed by atoms with Gasteiger partial charge in [-0.15, -0.1) is 11.3 Å². The van der Waals surface area contributed by atoms with Crippen molar-refractivity contribution in [1.82, 2.24) is 10.2 Å². The predicted octanol–water partition coefficient (Wildman–Crippen LogP) is 2.80. The molecule has 1 amide bonds. The van der Waals surface area contributed by atoms with E-state index in [9.17, 15) is 4.79 Å². The minimum atomic E-state index is -0.248. The molecular formula is C15H17ClN2O3S. The highest BCUT2D eigenvalue weighted by atomic mass is 35.5. The highest BCUT2D eigenvalue weighted by Crippen LogP contribution is 2.25. The van der Waals surface area contributed by atoms with Crippen molar-refractivity contribution in [1.29, 1.82) is 0 Å². The summed E-state index contributed by atoms with van der Waals surface area (Å²) in [6.07, 6.45) is 0. The third-order valence-corrected chi connectivity index (χ3v) is 4.79. The van der Waals surface area contributed by atoms with Crippen LogP contribution >= 0.6 is 22.9 Å². The number of hydrogen-bond donors (Lipinski definition) is 1. The molecule has 3 rings (SSSR count). The number of morpholine rings is 1. The zero-order valence-electron chi connectivity index (χ0n) is 12.0. The number of furan rings is 1. The van der Waals surface area contributed by atoms with Gasteiger partial charge in [-0.05, 0) is 35.2 Å². The third kappa shape index (κ3) is 3.70. The smallest absolute Gasteiger partial charge is 0.287 e. The largest absolute Gasteiger partial charge is 0.440 e. The molecule has 22 heavy (non-hydrogen) atoms. The standard InChI is InChI=1S/C15H17ClN2O3S/c16-14-4-3-12(21-14)15(19)17-10-11(13-2-1-9-22-13)18-5-7-20-8-6-18/h1-4,9,11H,5-8,10H2,(H,17,19)/t11-/m0/s1. The van der Waals surface area contributed by atoms with Crippen molar-refractivity contribution in [3.8, 4) is 0 Å². The van der Waals surface area contributed by atoms with Gasteiger partial charge in [-0.3, -0.25) is 9.69 Å². The topological polar surface area (TPSA) is 54.7 Å². The number of halogens is 1. The van der Waals surface area contributed by atoms with Gasteiger partial charge >= 0.3 is 0 Å². The van der Waals surface area contributed by atoms with Gasteiger partial charge in [-0.1, -0.05) is 6.07 Å². The molecule has 1 saturated heterocycles. The van der Waals surface area contributed by atoms with E-state index in [0.717, 1.165) is 26.3 Å². The average Bonchev–Trinajstić information content (AvgIpc) is 3.20. The van der Waals surface area contributed by atoms with Crippen molar-refractivity contribution in [2.45, 2.75) is 6.04 Å². The number of hydrogen-bond acceptors (Lipinski definition) is 5. The van der Waals surface area contributed by atoms with Crippen LogP contribution in [0.1, 0.15) is 21.5 Å². The Morgan fingerprint density at radius 2 is 2.18 bits per heavy atom. The quantitative estimate of drug-likeness (QED) is 0.909. The normalized spacial score (nSPS) is 17.3. The van der Waals surface area contributed by atoms with E-state index >= 15 is 0 Å². The van der Waals surface area contributed by atoms with Crippen molar-refractivity contribution in [2.24, 2.45) is 0 Å². The van der Waals surface area contributed by atoms with E-state index in [0.29, 0.717) is 6.54 Å². The first-order valence-electron chi connectivity index (χ1n) is 7.13. The molecular weight excluding hydrogens is 324 g/mol. The van der Waals surface area contributed by atoms with Gasteiger partial charge in [0.05, 0.1) is 19.3 Å². The van der Waals surface area contributed by atoms with Crippen LogP contribution in [-0.2, 0) is 4.74 Å². The van der Waals surface area contributed by atoms with Gasteiger partial charge < -0.3 is 14.5 Å². The second kappa shape index (κ2) is 7.28. The Hall–Kier alpha value is -1.34. The van der Waals surface area contributed by atoms with Crippen molar-refractivity contribution >= 4 is 28.8 Å². The molecule has 3 heterocycles. The van der Waals surface area contributed by atoms with Crippen LogP contribution in [0.2, 0.25) is 5.22 Å². The molecule has 0 saturated carbocycles. The fraction of sp³-hybridized carbons (Fsp3) is 0.400. The molecule has 1 N–H and O–H groups in total. The molecule has 5 nitrogen and oxygen atoms in total. The van der Waals surface area contributed by atoms with Gasteiger partial charge in [-0.25, -0.2) is 0 Å². The first-order chi connectivity index (χ1) is 10.7. The Balaban J connectivity index is 1.66. The van der Waals surface area contributed by atoms with E-state index < -0.39 is 0 Å². The minimum Gasteiger partial charge on any atom is -0.440 e. The van der Waals surface area contributed by atoms with E-state index in [1.165, 1.54) is 4.88 Å². The Morgan fingerprint density at radius 1 is 1.36 bits per heavy atom. The molecule has 0 unspecified atom stereocenters. The van der Waals surface area contributed by atoms with E-state index in [2.05, 4.69) is 21.7 Å². The van der Waals surface area contributed by atoms with Gasteiger partial charge in [0.2, 0.25) is 0 Å². The molecule has 2 aromatic rings. The number of rotatable bonds is 5. The number of carbonyl (C=O) groups is 1. The highest BCUT2D eigenvalue weighted by molar-refractivity contribution is 7.10. The first kappa shape index (κ1) is 15.6. The maximum atomic E-state index is 12.1. The molecule has 0 spiro atoms. The summed E-state index contributed by atoms with van der Waals surface area (Å²) in [4.78, 5) is 15.7. The molecule has 0 bridgehead atoms. The van der Waals surface area contributed by atoms with Crippen LogP contribution in [0, 0.1) is 0 Å². The number of thiophene rings is 1. The lowest BCUT2D eigenvalue weighted by Gasteiger charge is -2.34. The van der Waals surface area contributed by atoms with E-state index in [4.69, 9.17) is 20.8 Å². The van der Waals surface area contributed by atoms with Gasteiger partial charge in [0.15, 0.2) is 11.0 Å². The van der Waals surface area contributed by atoms with Crippen LogP contribution < -0.4 is 5.32 Å². The second-order valence-electron chi connectivity index (χ2n) is 4.99. The van der Waals surface area contributed by atoms with Crippen molar-refractivity contribution in [2.75, 3.05) is 32.8 Å².